The highest BCUT2D eigenvalue weighted by Crippen LogP contribution is 2.29. The van der Waals surface area contributed by atoms with Crippen molar-refractivity contribution in [2.75, 3.05) is 19.0 Å². The molecule has 2 aromatic rings. The number of ether oxygens (including phenoxy) is 1. The van der Waals surface area contributed by atoms with Gasteiger partial charge in [-0.2, -0.15) is 0 Å². The second-order valence-corrected chi connectivity index (χ2v) is 7.38. The maximum atomic E-state index is 12.4. The molecule has 0 fully saturated rings. The Morgan fingerprint density at radius 2 is 2.17 bits per heavy atom. The molecular weight excluding hydrogens is 370 g/mol. The summed E-state index contributed by atoms with van der Waals surface area (Å²) in [5, 5.41) is 6.30. The van der Waals surface area contributed by atoms with Crippen LogP contribution in [0.2, 0.25) is 0 Å². The second-order valence-electron chi connectivity index (χ2n) is 6.52. The zero-order valence-electron chi connectivity index (χ0n) is 13.9. The highest BCUT2D eigenvalue weighted by Gasteiger charge is 2.28. The fourth-order valence-electron chi connectivity index (χ4n) is 2.93. The van der Waals surface area contributed by atoms with Gasteiger partial charge in [0.2, 0.25) is 0 Å². The molecule has 1 amide bonds. The molecule has 0 saturated carbocycles. The van der Waals surface area contributed by atoms with Gasteiger partial charge in [0.15, 0.2) is 0 Å². The SMILES string of the molecule is COc1ccc(C(=O)Nc2cnc3c(c2)CNCC3(C)C)cc1Br. The molecule has 0 unspecified atom stereocenters. The number of carbonyl (C=O) groups excluding carboxylic acids is 1. The summed E-state index contributed by atoms with van der Waals surface area (Å²) in [6.07, 6.45) is 1.72. The molecule has 0 bridgehead atoms. The number of carbonyl (C=O) groups is 1. The van der Waals surface area contributed by atoms with Gasteiger partial charge in [-0.15, -0.1) is 0 Å². The van der Waals surface area contributed by atoms with Crippen molar-refractivity contribution in [3.63, 3.8) is 0 Å². The number of nitrogens with zero attached hydrogens (tertiary/aromatic N) is 1. The minimum Gasteiger partial charge on any atom is -0.496 e. The molecular formula is C18H20BrN3O2. The molecule has 2 heterocycles. The zero-order valence-corrected chi connectivity index (χ0v) is 15.5. The Labute approximate surface area is 149 Å². The first-order chi connectivity index (χ1) is 11.4. The van der Waals surface area contributed by atoms with Crippen LogP contribution >= 0.6 is 15.9 Å². The standard InChI is InChI=1S/C18H20BrN3O2/c1-18(2)10-20-8-12-6-13(9-21-16(12)18)22-17(23)11-4-5-15(24-3)14(19)7-11/h4-7,9,20H,8,10H2,1-3H3,(H,22,23). The maximum Gasteiger partial charge on any atom is 0.255 e. The Bertz CT molecular complexity index is 790. The van der Waals surface area contributed by atoms with E-state index in [0.717, 1.165) is 28.8 Å². The quantitative estimate of drug-likeness (QED) is 0.843. The van der Waals surface area contributed by atoms with Crippen LogP contribution in [0.15, 0.2) is 34.9 Å². The largest absolute Gasteiger partial charge is 0.496 e. The summed E-state index contributed by atoms with van der Waals surface area (Å²) in [4.78, 5) is 17.0. The summed E-state index contributed by atoms with van der Waals surface area (Å²) in [6.45, 7) is 6.00. The molecule has 0 saturated heterocycles. The van der Waals surface area contributed by atoms with Crippen LogP contribution in [0.25, 0.3) is 0 Å². The Hall–Kier alpha value is -1.92. The Kier molecular flexibility index (Phi) is 4.60. The number of benzene rings is 1. The molecule has 0 spiro atoms. The lowest BCUT2D eigenvalue weighted by molar-refractivity contribution is 0.102. The summed E-state index contributed by atoms with van der Waals surface area (Å²) < 4.78 is 5.93. The Morgan fingerprint density at radius 1 is 1.38 bits per heavy atom. The maximum absolute atomic E-state index is 12.4. The summed E-state index contributed by atoms with van der Waals surface area (Å²) in [7, 11) is 1.59. The van der Waals surface area contributed by atoms with Gasteiger partial charge in [-0.3, -0.25) is 9.78 Å². The lowest BCUT2D eigenvalue weighted by Crippen LogP contribution is -2.39. The van der Waals surface area contributed by atoms with E-state index < -0.39 is 0 Å². The smallest absolute Gasteiger partial charge is 0.255 e. The molecule has 1 aromatic heterocycles. The molecule has 1 aromatic carbocycles. The van der Waals surface area contributed by atoms with Gasteiger partial charge in [0.05, 0.1) is 29.2 Å². The number of hydrogen-bond acceptors (Lipinski definition) is 4. The fraction of sp³-hybridized carbons (Fsp3) is 0.333. The lowest BCUT2D eigenvalue weighted by Gasteiger charge is -2.32. The van der Waals surface area contributed by atoms with Gasteiger partial charge in [-0.05, 0) is 45.8 Å². The van der Waals surface area contributed by atoms with Gasteiger partial charge in [-0.1, -0.05) is 13.8 Å². The average molecular weight is 390 g/mol. The summed E-state index contributed by atoms with van der Waals surface area (Å²) in [5.74, 6) is 0.512. The van der Waals surface area contributed by atoms with Crippen LogP contribution in [0.1, 0.15) is 35.5 Å². The molecule has 24 heavy (non-hydrogen) atoms. The number of anilines is 1. The van der Waals surface area contributed by atoms with Crippen molar-refractivity contribution in [3.05, 3.63) is 51.8 Å². The molecule has 126 valence electrons. The highest BCUT2D eigenvalue weighted by molar-refractivity contribution is 9.10. The third-order valence-electron chi connectivity index (χ3n) is 4.16. The van der Waals surface area contributed by atoms with E-state index in [1.165, 1.54) is 0 Å². The molecule has 0 atom stereocenters. The zero-order chi connectivity index (χ0) is 17.3. The van der Waals surface area contributed by atoms with E-state index in [0.29, 0.717) is 17.0 Å². The van der Waals surface area contributed by atoms with E-state index in [1.807, 2.05) is 6.07 Å². The number of nitrogens with one attached hydrogen (secondary N) is 2. The highest BCUT2D eigenvalue weighted by atomic mass is 79.9. The van der Waals surface area contributed by atoms with E-state index in [2.05, 4.69) is 45.4 Å². The van der Waals surface area contributed by atoms with Crippen LogP contribution in [0.3, 0.4) is 0 Å². The normalized spacial score (nSPS) is 15.5. The minimum atomic E-state index is -0.178. The number of hydrogen-bond donors (Lipinski definition) is 2. The van der Waals surface area contributed by atoms with Crippen LogP contribution < -0.4 is 15.4 Å². The molecule has 1 aliphatic heterocycles. The van der Waals surface area contributed by atoms with E-state index in [1.54, 1.807) is 31.5 Å². The van der Waals surface area contributed by atoms with Gasteiger partial charge in [0, 0.05) is 24.1 Å². The van der Waals surface area contributed by atoms with Gasteiger partial charge in [0.1, 0.15) is 5.75 Å². The van der Waals surface area contributed by atoms with E-state index >= 15 is 0 Å². The van der Waals surface area contributed by atoms with Crippen molar-refractivity contribution >= 4 is 27.5 Å². The van der Waals surface area contributed by atoms with Crippen LogP contribution in [0.4, 0.5) is 5.69 Å². The number of pyridine rings is 1. The lowest BCUT2D eigenvalue weighted by atomic mass is 9.83. The fourth-order valence-corrected chi connectivity index (χ4v) is 3.47. The Morgan fingerprint density at radius 3 is 2.88 bits per heavy atom. The molecule has 3 rings (SSSR count). The molecule has 5 nitrogen and oxygen atoms in total. The topological polar surface area (TPSA) is 63.2 Å². The van der Waals surface area contributed by atoms with Crippen molar-refractivity contribution in [1.82, 2.24) is 10.3 Å². The van der Waals surface area contributed by atoms with Crippen molar-refractivity contribution < 1.29 is 9.53 Å². The summed E-state index contributed by atoms with van der Waals surface area (Å²) >= 11 is 3.40. The van der Waals surface area contributed by atoms with Crippen molar-refractivity contribution in [3.8, 4) is 5.75 Å². The number of amides is 1. The predicted molar refractivity (Wildman–Crippen MR) is 97.6 cm³/mol. The number of methoxy groups -OCH3 is 1. The molecule has 1 aliphatic rings. The van der Waals surface area contributed by atoms with E-state index in [4.69, 9.17) is 4.74 Å². The van der Waals surface area contributed by atoms with Gasteiger partial charge >= 0.3 is 0 Å². The van der Waals surface area contributed by atoms with Crippen LogP contribution in [-0.4, -0.2) is 24.5 Å². The van der Waals surface area contributed by atoms with Gasteiger partial charge < -0.3 is 15.4 Å². The molecule has 0 aliphatic carbocycles. The third-order valence-corrected chi connectivity index (χ3v) is 4.78. The second kappa shape index (κ2) is 6.53. The summed E-state index contributed by atoms with van der Waals surface area (Å²) in [6, 6.07) is 7.23. The van der Waals surface area contributed by atoms with Crippen LogP contribution in [0.5, 0.6) is 5.75 Å². The summed E-state index contributed by atoms with van der Waals surface area (Å²) in [5.41, 5.74) is 3.46. The first-order valence-electron chi connectivity index (χ1n) is 7.76. The minimum absolute atomic E-state index is 0.00301. The van der Waals surface area contributed by atoms with Crippen molar-refractivity contribution in [1.29, 1.82) is 0 Å². The number of rotatable bonds is 3. The van der Waals surface area contributed by atoms with E-state index in [9.17, 15) is 4.79 Å². The molecule has 2 N–H and O–H groups in total. The van der Waals surface area contributed by atoms with Crippen LogP contribution in [0, 0.1) is 0 Å². The van der Waals surface area contributed by atoms with Crippen molar-refractivity contribution in [2.24, 2.45) is 0 Å². The first kappa shape index (κ1) is 16.9. The number of halogens is 1. The number of fused-ring (bicyclic) bond motifs is 1. The number of aromatic nitrogens is 1. The van der Waals surface area contributed by atoms with Gasteiger partial charge in [0.25, 0.3) is 5.91 Å². The molecule has 0 radical (unpaired) electrons. The van der Waals surface area contributed by atoms with Gasteiger partial charge in [-0.25, -0.2) is 0 Å². The van der Waals surface area contributed by atoms with Crippen molar-refractivity contribution in [2.45, 2.75) is 25.8 Å². The monoisotopic (exact) mass is 389 g/mol. The average Bonchev–Trinajstić information content (AvgIpc) is 2.54. The predicted octanol–water partition coefficient (Wildman–Crippen LogP) is 3.49. The molecule has 6 heteroatoms. The Balaban J connectivity index is 1.81. The van der Waals surface area contributed by atoms with Crippen LogP contribution in [-0.2, 0) is 12.0 Å². The van der Waals surface area contributed by atoms with E-state index in [-0.39, 0.29) is 11.3 Å². The first-order valence-corrected chi connectivity index (χ1v) is 8.55. The third kappa shape index (κ3) is 3.30.